The van der Waals surface area contributed by atoms with Gasteiger partial charge in [-0.25, -0.2) is 4.79 Å². The van der Waals surface area contributed by atoms with Crippen LogP contribution in [0, 0.1) is 0 Å². The maximum Gasteiger partial charge on any atom is 0.324 e. The lowest BCUT2D eigenvalue weighted by atomic mass is 10.1. The number of carbonyl (C=O) groups is 3. The number of amides is 4. The van der Waals surface area contributed by atoms with Crippen LogP contribution in [0.3, 0.4) is 0 Å². The zero-order chi connectivity index (χ0) is 24.1. The van der Waals surface area contributed by atoms with Gasteiger partial charge in [-0.05, 0) is 24.1 Å². The molecule has 0 spiro atoms. The number of allylic oxidation sites excluding steroid dienone is 2. The monoisotopic (exact) mass is 458 g/mol. The Morgan fingerprint density at radius 2 is 1.82 bits per heavy atom. The molecule has 4 amide bonds. The van der Waals surface area contributed by atoms with Crippen molar-refractivity contribution in [1.29, 1.82) is 0 Å². The number of fused-ring (bicyclic) bond motifs is 1. The van der Waals surface area contributed by atoms with Crippen LogP contribution in [-0.4, -0.2) is 88.3 Å². The molecule has 1 fully saturated rings. The number of rotatable bonds is 9. The average molecular weight is 459 g/mol. The van der Waals surface area contributed by atoms with Gasteiger partial charge in [-0.15, -0.1) is 0 Å². The number of benzene rings is 1. The van der Waals surface area contributed by atoms with Crippen LogP contribution in [0.1, 0.15) is 18.1 Å². The smallest absolute Gasteiger partial charge is 0.324 e. The van der Waals surface area contributed by atoms with Crippen molar-refractivity contribution in [2.75, 3.05) is 33.3 Å². The number of aliphatic hydroxyl groups excluding tert-OH is 2. The molecule has 0 radical (unpaired) electrons. The van der Waals surface area contributed by atoms with Crippen molar-refractivity contribution in [2.45, 2.75) is 32.2 Å². The molecular formula is C23H30N4O6. The average Bonchev–Trinajstić information content (AvgIpc) is 3.42. The molecule has 0 aromatic heterocycles. The van der Waals surface area contributed by atoms with Gasteiger partial charge in [-0.1, -0.05) is 30.8 Å². The molecule has 3 N–H and O–H groups in total. The summed E-state index contributed by atoms with van der Waals surface area (Å²) in [6.45, 7) is 7.25. The molecule has 2 aliphatic heterocycles. The number of urea groups is 1. The summed E-state index contributed by atoms with van der Waals surface area (Å²) in [5, 5.41) is 22.9. The molecule has 1 aromatic carbocycles. The SMILES string of the molecule is C=CC(=C(C)OC)N1CCN(CCNC(=O)[C@H](O)[C@@H](O)C(=O)N2Cc3ccccc3C2)C1=O. The fraction of sp³-hybridized carbons (Fsp3) is 0.435. The summed E-state index contributed by atoms with van der Waals surface area (Å²) in [5.74, 6) is -1.02. The summed E-state index contributed by atoms with van der Waals surface area (Å²) < 4.78 is 5.19. The zero-order valence-electron chi connectivity index (χ0n) is 18.9. The summed E-state index contributed by atoms with van der Waals surface area (Å²) in [6.07, 6.45) is -2.23. The van der Waals surface area contributed by atoms with Crippen LogP contribution in [0.25, 0.3) is 0 Å². The normalized spacial score (nSPS) is 17.9. The Kier molecular flexibility index (Phi) is 7.72. The van der Waals surface area contributed by atoms with E-state index in [2.05, 4.69) is 11.9 Å². The number of nitrogens with one attached hydrogen (secondary N) is 1. The summed E-state index contributed by atoms with van der Waals surface area (Å²) in [4.78, 5) is 41.9. The lowest BCUT2D eigenvalue weighted by Crippen LogP contribution is -2.50. The molecule has 3 rings (SSSR count). The van der Waals surface area contributed by atoms with Crippen LogP contribution in [0.2, 0.25) is 0 Å². The second-order valence-corrected chi connectivity index (χ2v) is 7.91. The van der Waals surface area contributed by atoms with Crippen LogP contribution >= 0.6 is 0 Å². The maximum atomic E-state index is 12.6. The van der Waals surface area contributed by atoms with E-state index in [9.17, 15) is 24.6 Å². The van der Waals surface area contributed by atoms with E-state index in [0.29, 0.717) is 37.6 Å². The van der Waals surface area contributed by atoms with Crippen molar-refractivity contribution in [1.82, 2.24) is 20.0 Å². The van der Waals surface area contributed by atoms with Gasteiger partial charge < -0.3 is 30.1 Å². The minimum Gasteiger partial charge on any atom is -0.499 e. The molecule has 0 aliphatic carbocycles. The first kappa shape index (κ1) is 24.3. The Labute approximate surface area is 192 Å². The standard InChI is InChI=1S/C23H30N4O6/c1-4-18(15(2)33-3)27-12-11-25(23(27)32)10-9-24-21(30)19(28)20(29)22(31)26-13-16-7-5-6-8-17(16)14-26/h4-8,19-20,28-29H,1,9-14H2,2-3H3,(H,24,30)/t19-,20-/m1/s1. The Bertz CT molecular complexity index is 937. The van der Waals surface area contributed by atoms with E-state index in [1.54, 1.807) is 22.8 Å². The molecule has 2 atom stereocenters. The van der Waals surface area contributed by atoms with Gasteiger partial charge in [0.1, 0.15) is 5.76 Å². The van der Waals surface area contributed by atoms with E-state index in [1.165, 1.54) is 12.0 Å². The lowest BCUT2D eigenvalue weighted by molar-refractivity contribution is -0.153. The van der Waals surface area contributed by atoms with Gasteiger partial charge in [0.2, 0.25) is 0 Å². The van der Waals surface area contributed by atoms with Crippen molar-refractivity contribution in [3.05, 3.63) is 59.5 Å². The first-order valence-corrected chi connectivity index (χ1v) is 10.7. The summed E-state index contributed by atoms with van der Waals surface area (Å²) in [6, 6.07) is 7.26. The van der Waals surface area contributed by atoms with Gasteiger partial charge in [0.05, 0.1) is 12.8 Å². The molecule has 2 aliphatic rings. The number of hydrogen-bond donors (Lipinski definition) is 3. The molecule has 1 saturated heterocycles. The highest BCUT2D eigenvalue weighted by molar-refractivity contribution is 5.91. The highest BCUT2D eigenvalue weighted by Gasteiger charge is 2.36. The molecule has 1 aromatic rings. The fourth-order valence-corrected chi connectivity index (χ4v) is 3.94. The first-order chi connectivity index (χ1) is 15.8. The zero-order valence-corrected chi connectivity index (χ0v) is 18.9. The van der Waals surface area contributed by atoms with E-state index in [-0.39, 0.29) is 19.1 Å². The first-order valence-electron chi connectivity index (χ1n) is 10.7. The van der Waals surface area contributed by atoms with Crippen molar-refractivity contribution in [3.63, 3.8) is 0 Å². The molecule has 0 saturated carbocycles. The molecule has 10 heteroatoms. The van der Waals surface area contributed by atoms with Gasteiger partial charge in [0.15, 0.2) is 12.2 Å². The number of methoxy groups -OCH3 is 1. The van der Waals surface area contributed by atoms with E-state index in [1.807, 2.05) is 24.3 Å². The van der Waals surface area contributed by atoms with E-state index in [4.69, 9.17) is 4.74 Å². The number of nitrogens with zero attached hydrogens (tertiary/aromatic N) is 3. The van der Waals surface area contributed by atoms with Gasteiger partial charge in [-0.3, -0.25) is 14.5 Å². The molecular weight excluding hydrogens is 428 g/mol. The Balaban J connectivity index is 1.47. The lowest BCUT2D eigenvalue weighted by Gasteiger charge is -2.23. The minimum absolute atomic E-state index is 0.0575. The molecule has 0 unspecified atom stereocenters. The van der Waals surface area contributed by atoms with Gasteiger partial charge in [0.25, 0.3) is 11.8 Å². The third-order valence-corrected chi connectivity index (χ3v) is 5.90. The summed E-state index contributed by atoms with van der Waals surface area (Å²) >= 11 is 0. The van der Waals surface area contributed by atoms with Crippen LogP contribution < -0.4 is 5.32 Å². The van der Waals surface area contributed by atoms with Crippen molar-refractivity contribution >= 4 is 17.8 Å². The molecule has 178 valence electrons. The summed E-state index contributed by atoms with van der Waals surface area (Å²) in [7, 11) is 1.51. The Morgan fingerprint density at radius 3 is 2.39 bits per heavy atom. The van der Waals surface area contributed by atoms with Crippen LogP contribution in [-0.2, 0) is 27.4 Å². The van der Waals surface area contributed by atoms with Crippen molar-refractivity contribution in [3.8, 4) is 0 Å². The number of aliphatic hydroxyl groups is 2. The van der Waals surface area contributed by atoms with Crippen LogP contribution in [0.5, 0.6) is 0 Å². The Morgan fingerprint density at radius 1 is 1.18 bits per heavy atom. The molecule has 10 nitrogen and oxygen atoms in total. The quantitative estimate of drug-likeness (QED) is 0.358. The van der Waals surface area contributed by atoms with Crippen LogP contribution in [0.4, 0.5) is 4.79 Å². The largest absolute Gasteiger partial charge is 0.499 e. The Hall–Kier alpha value is -3.37. The van der Waals surface area contributed by atoms with Crippen molar-refractivity contribution in [2.24, 2.45) is 0 Å². The van der Waals surface area contributed by atoms with Crippen molar-refractivity contribution < 1.29 is 29.3 Å². The highest BCUT2D eigenvalue weighted by atomic mass is 16.5. The van der Waals surface area contributed by atoms with Crippen LogP contribution in [0.15, 0.2) is 48.4 Å². The van der Waals surface area contributed by atoms with Gasteiger partial charge in [0, 0.05) is 39.3 Å². The number of ether oxygens (including phenoxy) is 1. The maximum absolute atomic E-state index is 12.6. The van der Waals surface area contributed by atoms with Gasteiger partial charge in [-0.2, -0.15) is 0 Å². The predicted molar refractivity (Wildman–Crippen MR) is 119 cm³/mol. The second-order valence-electron chi connectivity index (χ2n) is 7.91. The summed E-state index contributed by atoms with van der Waals surface area (Å²) in [5.41, 5.74) is 2.52. The number of hydrogen-bond acceptors (Lipinski definition) is 6. The molecule has 33 heavy (non-hydrogen) atoms. The topological polar surface area (TPSA) is 123 Å². The minimum atomic E-state index is -1.91. The fourth-order valence-electron chi connectivity index (χ4n) is 3.94. The predicted octanol–water partition coefficient (Wildman–Crippen LogP) is 0.168. The third kappa shape index (κ3) is 5.18. The van der Waals surface area contributed by atoms with E-state index < -0.39 is 24.0 Å². The molecule has 2 heterocycles. The third-order valence-electron chi connectivity index (χ3n) is 5.90. The molecule has 0 bridgehead atoms. The number of carbonyl (C=O) groups excluding carboxylic acids is 3. The van der Waals surface area contributed by atoms with E-state index >= 15 is 0 Å². The second kappa shape index (κ2) is 10.5. The van der Waals surface area contributed by atoms with Gasteiger partial charge >= 0.3 is 6.03 Å². The van der Waals surface area contributed by atoms with E-state index in [0.717, 1.165) is 11.1 Å². The highest BCUT2D eigenvalue weighted by Crippen LogP contribution is 2.23.